The minimum absolute atomic E-state index is 0. The summed E-state index contributed by atoms with van der Waals surface area (Å²) < 4.78 is 18.3. The van der Waals surface area contributed by atoms with Gasteiger partial charge in [0.05, 0.1) is 6.61 Å². The van der Waals surface area contributed by atoms with Gasteiger partial charge in [0.25, 0.3) is 0 Å². The summed E-state index contributed by atoms with van der Waals surface area (Å²) in [7, 11) is 3.52. The van der Waals surface area contributed by atoms with E-state index in [0.717, 1.165) is 44.4 Å². The topological polar surface area (TPSA) is 40.1 Å². The van der Waals surface area contributed by atoms with Crippen molar-refractivity contribution in [2.24, 2.45) is 4.99 Å². The molecule has 7 heteroatoms. The molecular weight excluding hydrogens is 470 g/mol. The summed E-state index contributed by atoms with van der Waals surface area (Å²) in [4.78, 5) is 8.97. The van der Waals surface area contributed by atoms with Gasteiger partial charge in [0.15, 0.2) is 5.96 Å². The van der Waals surface area contributed by atoms with E-state index in [1.165, 1.54) is 23.3 Å². The highest BCUT2D eigenvalue weighted by Gasteiger charge is 2.19. The predicted molar refractivity (Wildman–Crippen MR) is 123 cm³/mol. The summed E-state index contributed by atoms with van der Waals surface area (Å²) in [6.07, 6.45) is 0. The maximum absolute atomic E-state index is 13.1. The van der Waals surface area contributed by atoms with Crippen LogP contribution in [0.1, 0.15) is 11.1 Å². The standard InChI is InChI=1S/C21H27FN4O.HI/c1-23-21(24-15-17-4-3-5-18(14-17)16-27-2)26-12-10-25(11-13-26)20-8-6-19(22)7-9-20;/h3-9,14H,10-13,15-16H2,1-2H3,(H,23,24);1H. The first-order valence-electron chi connectivity index (χ1n) is 9.22. The summed E-state index contributed by atoms with van der Waals surface area (Å²) in [5.41, 5.74) is 3.43. The number of halogens is 2. The van der Waals surface area contributed by atoms with Gasteiger partial charge in [0.2, 0.25) is 0 Å². The van der Waals surface area contributed by atoms with Gasteiger partial charge in [0.1, 0.15) is 5.82 Å². The molecule has 3 rings (SSSR count). The normalized spacial score (nSPS) is 14.6. The van der Waals surface area contributed by atoms with Crippen molar-refractivity contribution in [1.82, 2.24) is 10.2 Å². The second-order valence-electron chi connectivity index (χ2n) is 6.60. The Hall–Kier alpha value is -1.87. The molecule has 2 aromatic carbocycles. The lowest BCUT2D eigenvalue weighted by Gasteiger charge is -2.37. The van der Waals surface area contributed by atoms with Crippen LogP contribution in [0.25, 0.3) is 0 Å². The van der Waals surface area contributed by atoms with Gasteiger partial charge in [-0.15, -0.1) is 24.0 Å². The van der Waals surface area contributed by atoms with Gasteiger partial charge in [-0.3, -0.25) is 4.99 Å². The highest BCUT2D eigenvalue weighted by Crippen LogP contribution is 2.17. The van der Waals surface area contributed by atoms with Crippen LogP contribution < -0.4 is 10.2 Å². The fourth-order valence-electron chi connectivity index (χ4n) is 3.34. The Morgan fingerprint density at radius 1 is 1.07 bits per heavy atom. The molecule has 0 spiro atoms. The average Bonchev–Trinajstić information content (AvgIpc) is 2.70. The molecule has 1 heterocycles. The van der Waals surface area contributed by atoms with Crippen molar-refractivity contribution >= 4 is 35.6 Å². The van der Waals surface area contributed by atoms with Gasteiger partial charge in [-0.05, 0) is 35.4 Å². The lowest BCUT2D eigenvalue weighted by molar-refractivity contribution is 0.185. The summed E-state index contributed by atoms with van der Waals surface area (Å²) in [6, 6.07) is 15.1. The molecule has 1 fully saturated rings. The zero-order chi connectivity index (χ0) is 19.1. The highest BCUT2D eigenvalue weighted by atomic mass is 127. The monoisotopic (exact) mass is 498 g/mol. The Kier molecular flexibility index (Phi) is 8.98. The molecule has 0 radical (unpaired) electrons. The Balaban J connectivity index is 0.00000280. The Bertz CT molecular complexity index is 761. The largest absolute Gasteiger partial charge is 0.380 e. The maximum Gasteiger partial charge on any atom is 0.194 e. The van der Waals surface area contributed by atoms with Crippen LogP contribution in [0, 0.1) is 5.82 Å². The van der Waals surface area contributed by atoms with Gasteiger partial charge in [-0.25, -0.2) is 4.39 Å². The van der Waals surface area contributed by atoms with Crippen LogP contribution in [0.3, 0.4) is 0 Å². The molecule has 0 unspecified atom stereocenters. The van der Waals surface area contributed by atoms with Crippen molar-refractivity contribution in [3.8, 4) is 0 Å². The first-order valence-corrected chi connectivity index (χ1v) is 9.22. The van der Waals surface area contributed by atoms with E-state index in [-0.39, 0.29) is 29.8 Å². The lowest BCUT2D eigenvalue weighted by Crippen LogP contribution is -2.52. The fraction of sp³-hybridized carbons (Fsp3) is 0.381. The fourth-order valence-corrected chi connectivity index (χ4v) is 3.34. The van der Waals surface area contributed by atoms with E-state index in [0.29, 0.717) is 6.61 Å². The third-order valence-corrected chi connectivity index (χ3v) is 4.74. The molecule has 5 nitrogen and oxygen atoms in total. The molecule has 0 atom stereocenters. The van der Waals surface area contributed by atoms with E-state index in [2.05, 4.69) is 44.4 Å². The van der Waals surface area contributed by atoms with Gasteiger partial charge in [-0.1, -0.05) is 24.3 Å². The number of nitrogens with zero attached hydrogens (tertiary/aromatic N) is 3. The van der Waals surface area contributed by atoms with E-state index in [1.807, 2.05) is 19.2 Å². The van der Waals surface area contributed by atoms with Gasteiger partial charge in [0, 0.05) is 52.6 Å². The molecule has 0 aliphatic carbocycles. The lowest BCUT2D eigenvalue weighted by atomic mass is 10.1. The first-order chi connectivity index (χ1) is 13.2. The molecule has 0 bridgehead atoms. The number of nitrogens with one attached hydrogen (secondary N) is 1. The molecule has 1 saturated heterocycles. The second-order valence-corrected chi connectivity index (χ2v) is 6.60. The number of aliphatic imine (C=N–C) groups is 1. The van der Waals surface area contributed by atoms with Crippen LogP contribution in [-0.4, -0.2) is 51.2 Å². The zero-order valence-electron chi connectivity index (χ0n) is 16.4. The number of hydrogen-bond acceptors (Lipinski definition) is 3. The average molecular weight is 498 g/mol. The van der Waals surface area contributed by atoms with Crippen LogP contribution in [0.2, 0.25) is 0 Å². The molecule has 28 heavy (non-hydrogen) atoms. The quantitative estimate of drug-likeness (QED) is 0.390. The molecular formula is C21H28FIN4O. The molecule has 1 aliphatic rings. The van der Waals surface area contributed by atoms with Crippen LogP contribution >= 0.6 is 24.0 Å². The SMILES string of the molecule is CN=C(NCc1cccc(COC)c1)N1CCN(c2ccc(F)cc2)CC1.I. The zero-order valence-corrected chi connectivity index (χ0v) is 18.7. The third kappa shape index (κ3) is 6.07. The highest BCUT2D eigenvalue weighted by molar-refractivity contribution is 14.0. The van der Waals surface area contributed by atoms with Crippen LogP contribution in [-0.2, 0) is 17.9 Å². The summed E-state index contributed by atoms with van der Waals surface area (Å²) >= 11 is 0. The number of ether oxygens (including phenoxy) is 1. The number of rotatable bonds is 5. The minimum atomic E-state index is -0.198. The number of methoxy groups -OCH3 is 1. The summed E-state index contributed by atoms with van der Waals surface area (Å²) in [6.45, 7) is 4.86. The smallest absolute Gasteiger partial charge is 0.194 e. The number of guanidine groups is 1. The van der Waals surface area contributed by atoms with E-state index < -0.39 is 0 Å². The van der Waals surface area contributed by atoms with Crippen LogP contribution in [0.15, 0.2) is 53.5 Å². The van der Waals surface area contributed by atoms with Gasteiger partial charge < -0.3 is 19.9 Å². The van der Waals surface area contributed by atoms with Gasteiger partial charge in [-0.2, -0.15) is 0 Å². The Morgan fingerprint density at radius 3 is 2.39 bits per heavy atom. The van der Waals surface area contributed by atoms with E-state index in [9.17, 15) is 4.39 Å². The van der Waals surface area contributed by atoms with Crippen molar-refractivity contribution in [3.05, 3.63) is 65.5 Å². The molecule has 0 aromatic heterocycles. The molecule has 0 amide bonds. The molecule has 152 valence electrons. The van der Waals surface area contributed by atoms with Crippen molar-refractivity contribution in [2.45, 2.75) is 13.2 Å². The molecule has 2 aromatic rings. The Morgan fingerprint density at radius 2 is 1.75 bits per heavy atom. The number of piperazine rings is 1. The molecule has 0 saturated carbocycles. The van der Waals surface area contributed by atoms with E-state index >= 15 is 0 Å². The predicted octanol–water partition coefficient (Wildman–Crippen LogP) is 3.49. The van der Waals surface area contributed by atoms with Gasteiger partial charge >= 0.3 is 0 Å². The van der Waals surface area contributed by atoms with Crippen LogP contribution in [0.5, 0.6) is 0 Å². The van der Waals surface area contributed by atoms with Crippen molar-refractivity contribution in [3.63, 3.8) is 0 Å². The van der Waals surface area contributed by atoms with E-state index in [1.54, 1.807) is 7.11 Å². The summed E-state index contributed by atoms with van der Waals surface area (Å²) in [5, 5.41) is 3.45. The molecule has 1 aliphatic heterocycles. The second kappa shape index (κ2) is 11.2. The van der Waals surface area contributed by atoms with Crippen LogP contribution in [0.4, 0.5) is 10.1 Å². The maximum atomic E-state index is 13.1. The van der Waals surface area contributed by atoms with Crippen molar-refractivity contribution in [2.75, 3.05) is 45.2 Å². The summed E-state index contributed by atoms with van der Waals surface area (Å²) in [5.74, 6) is 0.711. The number of benzene rings is 2. The first kappa shape index (κ1) is 22.4. The number of hydrogen-bond donors (Lipinski definition) is 1. The van der Waals surface area contributed by atoms with E-state index in [4.69, 9.17) is 4.74 Å². The van der Waals surface area contributed by atoms with Crippen molar-refractivity contribution in [1.29, 1.82) is 0 Å². The van der Waals surface area contributed by atoms with Crippen molar-refractivity contribution < 1.29 is 9.13 Å². The number of anilines is 1. The molecule has 1 N–H and O–H groups in total. The minimum Gasteiger partial charge on any atom is -0.380 e. The third-order valence-electron chi connectivity index (χ3n) is 4.74. The Labute approximate surface area is 183 Å².